The molecule has 1 saturated heterocycles. The molecule has 2 aromatic rings. The minimum absolute atomic E-state index is 0.0919. The first kappa shape index (κ1) is 21.7. The number of fused-ring (bicyclic) bond motifs is 1. The summed E-state index contributed by atoms with van der Waals surface area (Å²) in [5, 5.41) is 13.7. The largest absolute Gasteiger partial charge is 0.449 e. The van der Waals surface area contributed by atoms with Crippen LogP contribution in [-0.4, -0.2) is 50.8 Å². The van der Waals surface area contributed by atoms with Gasteiger partial charge < -0.3 is 20.3 Å². The smallest absolute Gasteiger partial charge is 0.410 e. The van der Waals surface area contributed by atoms with Crippen LogP contribution in [-0.2, 0) is 10.3 Å². The molecular formula is C24H32N6O3. The number of nitrogens with zero attached hydrogens (tertiary/aromatic N) is 3. The fourth-order valence-electron chi connectivity index (χ4n) is 5.28. The summed E-state index contributed by atoms with van der Waals surface area (Å²) in [7, 11) is 0. The fourth-order valence-corrected chi connectivity index (χ4v) is 5.28. The first-order chi connectivity index (χ1) is 15.7. The lowest BCUT2D eigenvalue weighted by atomic mass is 9.74. The van der Waals surface area contributed by atoms with E-state index in [0.717, 1.165) is 37.1 Å². The number of pyridine rings is 1. The third-order valence-electron chi connectivity index (χ3n) is 7.29. The molecule has 3 N–H and O–H groups in total. The van der Waals surface area contributed by atoms with E-state index in [0.29, 0.717) is 35.6 Å². The van der Waals surface area contributed by atoms with E-state index in [2.05, 4.69) is 39.7 Å². The monoisotopic (exact) mass is 452 g/mol. The van der Waals surface area contributed by atoms with E-state index in [9.17, 15) is 9.59 Å². The van der Waals surface area contributed by atoms with Crippen molar-refractivity contribution >= 4 is 23.6 Å². The number of ether oxygens (including phenoxy) is 1. The van der Waals surface area contributed by atoms with Crippen molar-refractivity contribution in [3.05, 3.63) is 35.2 Å². The molecule has 0 bridgehead atoms. The molecule has 0 aromatic carbocycles. The quantitative estimate of drug-likeness (QED) is 0.631. The van der Waals surface area contributed by atoms with Gasteiger partial charge in [-0.25, -0.2) is 9.78 Å². The maximum absolute atomic E-state index is 12.4. The minimum atomic E-state index is -0.490. The molecule has 0 unspecified atom stereocenters. The molecule has 0 radical (unpaired) electrons. The number of carbonyl (C=O) groups excluding carboxylic acids is 2. The van der Waals surface area contributed by atoms with Crippen LogP contribution in [0.3, 0.4) is 0 Å². The van der Waals surface area contributed by atoms with Crippen LogP contribution >= 0.6 is 0 Å². The van der Waals surface area contributed by atoms with E-state index in [1.54, 1.807) is 12.1 Å². The van der Waals surface area contributed by atoms with Crippen molar-refractivity contribution in [1.29, 1.82) is 0 Å². The molecule has 176 valence electrons. The fraction of sp³-hybridized carbons (Fsp3) is 0.583. The number of amides is 2. The maximum atomic E-state index is 12.4. The molecule has 1 aliphatic carbocycles. The van der Waals surface area contributed by atoms with E-state index in [1.165, 1.54) is 0 Å². The number of nitrogens with one attached hydrogen (secondary N) is 3. The van der Waals surface area contributed by atoms with Crippen LogP contribution in [0.15, 0.2) is 18.2 Å². The second-order valence-electron chi connectivity index (χ2n) is 10.3. The molecular weight excluding hydrogens is 420 g/mol. The predicted molar refractivity (Wildman–Crippen MR) is 123 cm³/mol. The third-order valence-corrected chi connectivity index (χ3v) is 7.29. The van der Waals surface area contributed by atoms with Crippen molar-refractivity contribution in [2.45, 2.75) is 76.9 Å². The van der Waals surface area contributed by atoms with Gasteiger partial charge in [0.15, 0.2) is 5.82 Å². The molecule has 2 amide bonds. The summed E-state index contributed by atoms with van der Waals surface area (Å²) in [6.07, 6.45) is 3.86. The van der Waals surface area contributed by atoms with Gasteiger partial charge in [-0.2, -0.15) is 5.10 Å². The Balaban J connectivity index is 1.13. The number of carbonyl (C=O) groups is 2. The summed E-state index contributed by atoms with van der Waals surface area (Å²) in [5.41, 5.74) is 1.93. The third kappa shape index (κ3) is 4.05. The van der Waals surface area contributed by atoms with Crippen molar-refractivity contribution < 1.29 is 14.3 Å². The maximum Gasteiger partial charge on any atom is 0.410 e. The Labute approximate surface area is 193 Å². The summed E-state index contributed by atoms with van der Waals surface area (Å²) in [4.78, 5) is 31.0. The second-order valence-corrected chi connectivity index (χ2v) is 10.3. The zero-order chi connectivity index (χ0) is 23.3. The SMILES string of the molecule is C[C@H]1CC[C@H](C)N1C(=O)OCC1CC(c2cc(Nc3ccc4c(n3)C(C)(C)NC4=O)n[nH]2)C1. The van der Waals surface area contributed by atoms with Crippen LogP contribution in [0.4, 0.5) is 16.4 Å². The highest BCUT2D eigenvalue weighted by Gasteiger charge is 2.37. The van der Waals surface area contributed by atoms with E-state index < -0.39 is 5.54 Å². The van der Waals surface area contributed by atoms with Gasteiger partial charge in [-0.05, 0) is 71.4 Å². The molecule has 2 aromatic heterocycles. The Morgan fingerprint density at radius 3 is 2.67 bits per heavy atom. The number of rotatable bonds is 5. The Morgan fingerprint density at radius 1 is 1.21 bits per heavy atom. The topological polar surface area (TPSA) is 112 Å². The van der Waals surface area contributed by atoms with Gasteiger partial charge in [-0.3, -0.25) is 9.89 Å². The van der Waals surface area contributed by atoms with Gasteiger partial charge in [0.2, 0.25) is 0 Å². The predicted octanol–water partition coefficient (Wildman–Crippen LogP) is 4.03. The Kier molecular flexibility index (Phi) is 5.29. The Hall–Kier alpha value is -3.10. The number of anilines is 2. The van der Waals surface area contributed by atoms with Gasteiger partial charge >= 0.3 is 6.09 Å². The van der Waals surface area contributed by atoms with E-state index in [4.69, 9.17) is 4.74 Å². The first-order valence-electron chi connectivity index (χ1n) is 11.8. The molecule has 5 rings (SSSR count). The molecule has 9 nitrogen and oxygen atoms in total. The molecule has 4 heterocycles. The lowest BCUT2D eigenvalue weighted by molar-refractivity contribution is 0.0564. The van der Waals surface area contributed by atoms with Gasteiger partial charge in [0.1, 0.15) is 5.82 Å². The van der Waals surface area contributed by atoms with Gasteiger partial charge in [0.05, 0.1) is 23.4 Å². The van der Waals surface area contributed by atoms with Gasteiger partial charge in [-0.1, -0.05) is 0 Å². The number of aromatic amines is 1. The molecule has 9 heteroatoms. The highest BCUT2D eigenvalue weighted by atomic mass is 16.6. The van der Waals surface area contributed by atoms with Crippen molar-refractivity contribution in [2.75, 3.05) is 11.9 Å². The summed E-state index contributed by atoms with van der Waals surface area (Å²) in [6, 6.07) is 6.12. The van der Waals surface area contributed by atoms with Crippen molar-refractivity contribution in [3.8, 4) is 0 Å². The molecule has 3 aliphatic rings. The van der Waals surface area contributed by atoms with Gasteiger partial charge in [-0.15, -0.1) is 0 Å². The van der Waals surface area contributed by atoms with Crippen LogP contribution < -0.4 is 10.6 Å². The first-order valence-corrected chi connectivity index (χ1v) is 11.8. The number of aromatic nitrogens is 3. The average Bonchev–Trinajstić information content (AvgIpc) is 3.37. The van der Waals surface area contributed by atoms with E-state index in [1.807, 2.05) is 24.8 Å². The van der Waals surface area contributed by atoms with Crippen LogP contribution in [0.5, 0.6) is 0 Å². The van der Waals surface area contributed by atoms with E-state index >= 15 is 0 Å². The summed E-state index contributed by atoms with van der Waals surface area (Å²) < 4.78 is 5.61. The van der Waals surface area contributed by atoms with Crippen molar-refractivity contribution in [3.63, 3.8) is 0 Å². The highest BCUT2D eigenvalue weighted by molar-refractivity contribution is 5.99. The Morgan fingerprint density at radius 2 is 1.94 bits per heavy atom. The molecule has 2 fully saturated rings. The number of hydrogen-bond acceptors (Lipinski definition) is 6. The summed E-state index contributed by atoms with van der Waals surface area (Å²) in [6.45, 7) is 8.53. The zero-order valence-corrected chi connectivity index (χ0v) is 19.6. The molecule has 2 aliphatic heterocycles. The zero-order valence-electron chi connectivity index (χ0n) is 19.6. The van der Waals surface area contributed by atoms with Gasteiger partial charge in [0, 0.05) is 29.8 Å². The summed E-state index contributed by atoms with van der Waals surface area (Å²) >= 11 is 0. The van der Waals surface area contributed by atoms with Crippen LogP contribution in [0.25, 0.3) is 0 Å². The normalized spacial score (nSPS) is 27.6. The average molecular weight is 453 g/mol. The highest BCUT2D eigenvalue weighted by Crippen LogP contribution is 2.42. The lowest BCUT2D eigenvalue weighted by Gasteiger charge is -2.35. The van der Waals surface area contributed by atoms with Crippen LogP contribution in [0.2, 0.25) is 0 Å². The summed E-state index contributed by atoms with van der Waals surface area (Å²) in [5.74, 6) is 2.03. The van der Waals surface area contributed by atoms with Crippen molar-refractivity contribution in [2.24, 2.45) is 5.92 Å². The lowest BCUT2D eigenvalue weighted by Crippen LogP contribution is -2.40. The molecule has 1 saturated carbocycles. The van der Waals surface area contributed by atoms with E-state index in [-0.39, 0.29) is 24.1 Å². The molecule has 0 spiro atoms. The second kappa shape index (κ2) is 8.04. The molecule has 2 atom stereocenters. The number of H-pyrrole nitrogens is 1. The van der Waals surface area contributed by atoms with Gasteiger partial charge in [0.25, 0.3) is 5.91 Å². The Bertz CT molecular complexity index is 1060. The van der Waals surface area contributed by atoms with Crippen LogP contribution in [0, 0.1) is 5.92 Å². The number of likely N-dealkylation sites (tertiary alicyclic amines) is 1. The van der Waals surface area contributed by atoms with Crippen molar-refractivity contribution in [1.82, 2.24) is 25.4 Å². The minimum Gasteiger partial charge on any atom is -0.449 e. The number of hydrogen-bond donors (Lipinski definition) is 3. The standard InChI is InChI=1S/C24H32N6O3/c1-13-5-6-14(2)30(13)23(32)33-12-15-9-16(10-15)18-11-20(29-28-18)25-19-8-7-17-21(26-19)24(3,4)27-22(17)31/h7-8,11,13-16H,5-6,9-10,12H2,1-4H3,(H,27,31)(H2,25,26,28,29)/t13-,14-,15?,16?/m0/s1. The molecule has 33 heavy (non-hydrogen) atoms. The van der Waals surface area contributed by atoms with Crippen LogP contribution in [0.1, 0.15) is 81.0 Å².